The predicted molar refractivity (Wildman–Crippen MR) is 143 cm³/mol. The van der Waals surface area contributed by atoms with E-state index in [1.165, 1.54) is 0 Å². The summed E-state index contributed by atoms with van der Waals surface area (Å²) in [5.41, 5.74) is 4.45. The molecule has 0 fully saturated rings. The first-order valence-corrected chi connectivity index (χ1v) is 11.9. The summed E-state index contributed by atoms with van der Waals surface area (Å²) in [6.45, 7) is -0.0172. The Bertz CT molecular complexity index is 1730. The summed E-state index contributed by atoms with van der Waals surface area (Å²) in [4.78, 5) is 33.8. The van der Waals surface area contributed by atoms with Gasteiger partial charge >= 0.3 is 5.97 Å². The van der Waals surface area contributed by atoms with E-state index in [2.05, 4.69) is 9.97 Å². The third-order valence-corrected chi connectivity index (χ3v) is 6.46. The zero-order valence-corrected chi connectivity index (χ0v) is 20.1. The average molecular weight is 490 g/mol. The minimum atomic E-state index is -0.488. The third-order valence-electron chi connectivity index (χ3n) is 6.46. The Morgan fingerprint density at radius 1 is 0.865 bits per heavy atom. The first-order chi connectivity index (χ1) is 18.1. The molecule has 182 valence electrons. The van der Waals surface area contributed by atoms with Gasteiger partial charge in [-0.1, -0.05) is 36.4 Å². The number of para-hydroxylation sites is 2. The van der Waals surface area contributed by atoms with Crippen LogP contribution in [-0.4, -0.2) is 40.1 Å². The van der Waals surface area contributed by atoms with Gasteiger partial charge in [0, 0.05) is 16.3 Å². The Balaban J connectivity index is 1.16. The maximum atomic E-state index is 13.2. The maximum absolute atomic E-state index is 13.2. The van der Waals surface area contributed by atoms with E-state index in [0.717, 1.165) is 44.2 Å². The van der Waals surface area contributed by atoms with Crippen molar-refractivity contribution in [2.75, 3.05) is 13.7 Å². The summed E-state index contributed by atoms with van der Waals surface area (Å²) in [5.74, 6) is 0.845. The number of carbonyl (C=O) groups is 2. The minimum Gasteiger partial charge on any atom is -0.497 e. The van der Waals surface area contributed by atoms with Gasteiger partial charge in [0.05, 0.1) is 41.2 Å². The molecule has 0 amide bonds. The molecule has 0 saturated heterocycles. The van der Waals surface area contributed by atoms with Crippen molar-refractivity contribution in [2.24, 2.45) is 0 Å². The lowest BCUT2D eigenvalue weighted by Crippen LogP contribution is -2.15. The number of aromatic amines is 1. The molecule has 0 aliphatic carbocycles. The van der Waals surface area contributed by atoms with Crippen molar-refractivity contribution in [3.8, 4) is 17.1 Å². The molecule has 4 aromatic carbocycles. The van der Waals surface area contributed by atoms with Crippen LogP contribution in [0.4, 0.5) is 0 Å². The van der Waals surface area contributed by atoms with Crippen LogP contribution in [0.3, 0.4) is 0 Å². The number of ether oxygens (including phenoxy) is 2. The average Bonchev–Trinajstić information content (AvgIpc) is 3.52. The summed E-state index contributed by atoms with van der Waals surface area (Å²) in [7, 11) is 1.62. The molecule has 37 heavy (non-hydrogen) atoms. The number of nitrogens with one attached hydrogen (secondary N) is 1. The molecule has 2 aromatic heterocycles. The van der Waals surface area contributed by atoms with Crippen LogP contribution < -0.4 is 4.74 Å². The number of nitrogens with zero attached hydrogens (tertiary/aromatic N) is 2. The summed E-state index contributed by atoms with van der Waals surface area (Å²) in [6.07, 6.45) is 0.0718. The minimum absolute atomic E-state index is 0.0172. The van der Waals surface area contributed by atoms with E-state index in [1.54, 1.807) is 29.9 Å². The highest BCUT2D eigenvalue weighted by Crippen LogP contribution is 2.29. The molecule has 0 bridgehead atoms. The second-order valence-corrected chi connectivity index (χ2v) is 8.70. The van der Waals surface area contributed by atoms with Gasteiger partial charge in [-0.3, -0.25) is 9.36 Å². The quantitative estimate of drug-likeness (QED) is 0.280. The zero-order chi connectivity index (χ0) is 25.4. The topological polar surface area (TPSA) is 86.2 Å². The monoisotopic (exact) mass is 489 g/mol. The van der Waals surface area contributed by atoms with E-state index < -0.39 is 5.97 Å². The number of imidazole rings is 1. The first-order valence-electron chi connectivity index (χ1n) is 11.9. The molecule has 6 aromatic rings. The number of hydrogen-bond acceptors (Lipinski definition) is 5. The number of hydrogen-bond donors (Lipinski definition) is 1. The van der Waals surface area contributed by atoms with Crippen LogP contribution in [0.25, 0.3) is 44.2 Å². The Labute approximate surface area is 212 Å². The summed E-state index contributed by atoms with van der Waals surface area (Å²) < 4.78 is 12.4. The Kier molecular flexibility index (Phi) is 5.65. The molecule has 7 heteroatoms. The lowest BCUT2D eigenvalue weighted by atomic mass is 10.2. The third kappa shape index (κ3) is 4.10. The molecule has 1 N–H and O–H groups in total. The fraction of sp³-hybridized carbons (Fsp3) is 0.100. The van der Waals surface area contributed by atoms with Crippen molar-refractivity contribution in [1.82, 2.24) is 14.5 Å². The van der Waals surface area contributed by atoms with E-state index in [9.17, 15) is 9.59 Å². The Morgan fingerprint density at radius 2 is 1.54 bits per heavy atom. The Hall–Kier alpha value is -4.91. The molecule has 0 radical (unpaired) electrons. The molecule has 0 saturated carbocycles. The second kappa shape index (κ2) is 9.28. The number of benzene rings is 4. The largest absolute Gasteiger partial charge is 0.497 e. The van der Waals surface area contributed by atoms with Crippen LogP contribution in [0.5, 0.6) is 5.75 Å². The van der Waals surface area contributed by atoms with E-state index >= 15 is 0 Å². The normalized spacial score (nSPS) is 11.3. The highest BCUT2D eigenvalue weighted by Gasteiger charge is 2.17. The van der Waals surface area contributed by atoms with Crippen molar-refractivity contribution in [1.29, 1.82) is 0 Å². The number of rotatable bonds is 6. The fourth-order valence-corrected chi connectivity index (χ4v) is 4.64. The van der Waals surface area contributed by atoms with Crippen LogP contribution in [-0.2, 0) is 4.74 Å². The smallest absolute Gasteiger partial charge is 0.338 e. The number of H-pyrrole nitrogens is 1. The number of fused-ring (bicyclic) bond motifs is 4. The van der Waals surface area contributed by atoms with Crippen molar-refractivity contribution in [3.05, 3.63) is 96.6 Å². The summed E-state index contributed by atoms with van der Waals surface area (Å²) >= 11 is 0. The van der Waals surface area contributed by atoms with Crippen LogP contribution in [0.15, 0.2) is 91.0 Å². The highest BCUT2D eigenvalue weighted by molar-refractivity contribution is 6.13. The van der Waals surface area contributed by atoms with Crippen molar-refractivity contribution in [3.63, 3.8) is 0 Å². The lowest BCUT2D eigenvalue weighted by molar-refractivity contribution is 0.0490. The molecule has 0 atom stereocenters. The van der Waals surface area contributed by atoms with Crippen molar-refractivity contribution >= 4 is 44.7 Å². The molecule has 0 aliphatic heterocycles. The molecule has 2 heterocycles. The van der Waals surface area contributed by atoms with E-state index in [1.807, 2.05) is 72.8 Å². The SMILES string of the molecule is COc1ccc(-c2nc3ccc(C(=O)OCCC(=O)n4c5ccccc5c5ccccc54)cc3[nH]2)cc1. The van der Waals surface area contributed by atoms with Gasteiger partial charge in [0.1, 0.15) is 18.2 Å². The van der Waals surface area contributed by atoms with E-state index in [4.69, 9.17) is 9.47 Å². The van der Waals surface area contributed by atoms with Gasteiger partial charge in [0.15, 0.2) is 0 Å². The lowest BCUT2D eigenvalue weighted by Gasteiger charge is -2.07. The number of carbonyl (C=O) groups excluding carboxylic acids is 2. The van der Waals surface area contributed by atoms with Gasteiger partial charge in [-0.25, -0.2) is 9.78 Å². The van der Waals surface area contributed by atoms with E-state index in [0.29, 0.717) is 11.4 Å². The van der Waals surface area contributed by atoms with Gasteiger partial charge in [0.2, 0.25) is 5.91 Å². The van der Waals surface area contributed by atoms with Gasteiger partial charge < -0.3 is 14.5 Å². The van der Waals surface area contributed by atoms with Crippen LogP contribution in [0, 0.1) is 0 Å². The van der Waals surface area contributed by atoms with Crippen molar-refractivity contribution < 1.29 is 19.1 Å². The summed E-state index contributed by atoms with van der Waals surface area (Å²) in [5, 5.41) is 2.04. The van der Waals surface area contributed by atoms with Crippen LogP contribution in [0.2, 0.25) is 0 Å². The highest BCUT2D eigenvalue weighted by atomic mass is 16.5. The van der Waals surface area contributed by atoms with Gasteiger partial charge in [0.25, 0.3) is 0 Å². The molecule has 7 nitrogen and oxygen atoms in total. The molecular formula is C30H23N3O4. The first kappa shape index (κ1) is 22.5. The molecular weight excluding hydrogens is 466 g/mol. The molecule has 0 aliphatic rings. The van der Waals surface area contributed by atoms with Gasteiger partial charge in [-0.2, -0.15) is 0 Å². The predicted octanol–water partition coefficient (Wildman–Crippen LogP) is 6.23. The Morgan fingerprint density at radius 3 is 2.22 bits per heavy atom. The van der Waals surface area contributed by atoms with Crippen molar-refractivity contribution in [2.45, 2.75) is 6.42 Å². The van der Waals surface area contributed by atoms with Gasteiger partial charge in [-0.15, -0.1) is 0 Å². The van der Waals surface area contributed by atoms with E-state index in [-0.39, 0.29) is 18.9 Å². The van der Waals surface area contributed by atoms with Gasteiger partial charge in [-0.05, 0) is 54.6 Å². The maximum Gasteiger partial charge on any atom is 0.338 e. The molecule has 6 rings (SSSR count). The number of esters is 1. The molecule has 0 spiro atoms. The number of aromatic nitrogens is 3. The summed E-state index contributed by atoms with van der Waals surface area (Å²) in [6, 6.07) is 28.4. The molecule has 0 unspecified atom stereocenters. The van der Waals surface area contributed by atoms with Crippen LogP contribution >= 0.6 is 0 Å². The number of methoxy groups -OCH3 is 1. The zero-order valence-electron chi connectivity index (χ0n) is 20.1. The second-order valence-electron chi connectivity index (χ2n) is 8.70. The fourth-order valence-electron chi connectivity index (χ4n) is 4.64. The standard InChI is InChI=1S/C30H23N3O4/c1-36-21-13-10-19(11-14-21)29-31-24-15-12-20(18-25(24)32-29)30(35)37-17-16-28(34)33-26-8-4-2-6-22(26)23-7-3-5-9-27(23)33/h2-15,18H,16-17H2,1H3,(H,31,32). The van der Waals surface area contributed by atoms with Crippen LogP contribution in [0.1, 0.15) is 21.6 Å².